The molecule has 0 aliphatic heterocycles. The van der Waals surface area contributed by atoms with E-state index in [4.69, 9.17) is 0 Å². The molecule has 1 aromatic rings. The molecule has 16 heavy (non-hydrogen) atoms. The molecule has 1 aliphatic rings. The highest BCUT2D eigenvalue weighted by atomic mass is 19.1. The van der Waals surface area contributed by atoms with Crippen LogP contribution in [0, 0.1) is 11.6 Å². The lowest BCUT2D eigenvalue weighted by atomic mass is 10.3. The van der Waals surface area contributed by atoms with Crippen molar-refractivity contribution < 1.29 is 8.78 Å². The largest absolute Gasteiger partial charge is 0.368 e. The first-order valence-electron chi connectivity index (χ1n) is 5.42. The van der Waals surface area contributed by atoms with E-state index in [1.165, 1.54) is 0 Å². The zero-order valence-electron chi connectivity index (χ0n) is 9.40. The molecule has 1 heterocycles. The van der Waals surface area contributed by atoms with Crippen molar-refractivity contribution in [3.05, 3.63) is 17.7 Å². The van der Waals surface area contributed by atoms with Crippen molar-refractivity contribution in [1.82, 2.24) is 4.98 Å². The topological polar surface area (TPSA) is 37.0 Å². The maximum Gasteiger partial charge on any atom is 0.168 e. The molecule has 1 aromatic heterocycles. The van der Waals surface area contributed by atoms with Gasteiger partial charge in [0.15, 0.2) is 23.3 Å². The summed E-state index contributed by atoms with van der Waals surface area (Å²) in [5.41, 5.74) is -0.0743. The van der Waals surface area contributed by atoms with Gasteiger partial charge in [-0.3, -0.25) is 0 Å². The van der Waals surface area contributed by atoms with Crippen LogP contribution in [0.4, 0.5) is 20.4 Å². The van der Waals surface area contributed by atoms with Gasteiger partial charge in [-0.25, -0.2) is 13.8 Å². The number of aromatic nitrogens is 1. The lowest BCUT2D eigenvalue weighted by molar-refractivity contribution is 0.575. The molecule has 3 nitrogen and oxygen atoms in total. The molecule has 1 saturated carbocycles. The minimum absolute atomic E-state index is 0.0743. The van der Waals surface area contributed by atoms with Crippen LogP contribution < -0.4 is 10.6 Å². The van der Waals surface area contributed by atoms with Crippen molar-refractivity contribution in [2.24, 2.45) is 0 Å². The maximum absolute atomic E-state index is 13.4. The summed E-state index contributed by atoms with van der Waals surface area (Å²) in [7, 11) is 0. The summed E-state index contributed by atoms with van der Waals surface area (Å²) in [6, 6.07) is 0.860. The molecule has 5 heteroatoms. The summed E-state index contributed by atoms with van der Waals surface area (Å²) in [5.74, 6) is -1.09. The van der Waals surface area contributed by atoms with Crippen LogP contribution in [-0.4, -0.2) is 17.1 Å². The van der Waals surface area contributed by atoms with Gasteiger partial charge in [-0.05, 0) is 26.7 Å². The summed E-state index contributed by atoms with van der Waals surface area (Å²) in [5, 5.41) is 5.75. The van der Waals surface area contributed by atoms with Gasteiger partial charge >= 0.3 is 0 Å². The summed E-state index contributed by atoms with van der Waals surface area (Å²) < 4.78 is 26.7. The molecule has 0 spiro atoms. The van der Waals surface area contributed by atoms with Gasteiger partial charge in [0.25, 0.3) is 0 Å². The van der Waals surface area contributed by atoms with Crippen LogP contribution in [0.1, 0.15) is 26.7 Å². The predicted molar refractivity (Wildman–Crippen MR) is 59.6 cm³/mol. The van der Waals surface area contributed by atoms with Gasteiger partial charge in [0, 0.05) is 18.2 Å². The van der Waals surface area contributed by atoms with E-state index in [1.807, 2.05) is 13.8 Å². The highest BCUT2D eigenvalue weighted by Crippen LogP contribution is 2.38. The predicted octanol–water partition coefficient (Wildman–Crippen LogP) is 2.76. The van der Waals surface area contributed by atoms with E-state index < -0.39 is 11.6 Å². The first-order valence-corrected chi connectivity index (χ1v) is 5.42. The highest BCUT2D eigenvalue weighted by molar-refractivity contribution is 5.49. The standard InChI is InChI=1S/C11H15F2N3/c1-3-14-9-7(12)6-8(13)10(15-9)16-11(2)4-5-11/h6H,3-5H2,1-2H3,(H2,14,15,16). The quantitative estimate of drug-likeness (QED) is 0.830. The Morgan fingerprint density at radius 2 is 1.94 bits per heavy atom. The highest BCUT2D eigenvalue weighted by Gasteiger charge is 2.38. The summed E-state index contributed by atoms with van der Waals surface area (Å²) in [4.78, 5) is 3.91. The number of halogens is 2. The summed E-state index contributed by atoms with van der Waals surface area (Å²) in [6.45, 7) is 4.37. The van der Waals surface area contributed by atoms with E-state index in [2.05, 4.69) is 15.6 Å². The lowest BCUT2D eigenvalue weighted by Crippen LogP contribution is -2.19. The van der Waals surface area contributed by atoms with Gasteiger partial charge in [-0.15, -0.1) is 0 Å². The number of rotatable bonds is 4. The number of hydrogen-bond acceptors (Lipinski definition) is 3. The van der Waals surface area contributed by atoms with Crippen LogP contribution in [-0.2, 0) is 0 Å². The fraction of sp³-hybridized carbons (Fsp3) is 0.545. The molecule has 0 amide bonds. The second kappa shape index (κ2) is 3.88. The van der Waals surface area contributed by atoms with Crippen LogP contribution in [0.15, 0.2) is 6.07 Å². The Labute approximate surface area is 93.3 Å². The average Bonchev–Trinajstić information content (AvgIpc) is 2.92. The second-order valence-electron chi connectivity index (χ2n) is 4.37. The van der Waals surface area contributed by atoms with Crippen molar-refractivity contribution in [2.45, 2.75) is 32.2 Å². The Balaban J connectivity index is 2.25. The molecule has 2 N–H and O–H groups in total. The Morgan fingerprint density at radius 3 is 2.50 bits per heavy atom. The van der Waals surface area contributed by atoms with Gasteiger partial charge in [-0.1, -0.05) is 0 Å². The molecule has 0 aromatic carbocycles. The number of pyridine rings is 1. The number of nitrogens with one attached hydrogen (secondary N) is 2. The van der Waals surface area contributed by atoms with E-state index in [0.717, 1.165) is 18.9 Å². The molecule has 0 unspecified atom stereocenters. The third-order valence-electron chi connectivity index (χ3n) is 2.69. The van der Waals surface area contributed by atoms with Gasteiger partial charge in [0.2, 0.25) is 0 Å². The van der Waals surface area contributed by atoms with Crippen molar-refractivity contribution in [3.8, 4) is 0 Å². The SMILES string of the molecule is CCNc1nc(NC2(C)CC2)c(F)cc1F. The van der Waals surface area contributed by atoms with E-state index in [9.17, 15) is 8.78 Å². The molecule has 0 saturated heterocycles. The molecule has 0 radical (unpaired) electrons. The average molecular weight is 227 g/mol. The zero-order chi connectivity index (χ0) is 11.8. The van der Waals surface area contributed by atoms with Crippen LogP contribution in [0.3, 0.4) is 0 Å². The zero-order valence-corrected chi connectivity index (χ0v) is 9.40. The minimum atomic E-state index is -0.661. The van der Waals surface area contributed by atoms with Crippen molar-refractivity contribution in [1.29, 1.82) is 0 Å². The fourth-order valence-corrected chi connectivity index (χ4v) is 1.44. The third-order valence-corrected chi connectivity index (χ3v) is 2.69. The van der Waals surface area contributed by atoms with Crippen LogP contribution in [0.25, 0.3) is 0 Å². The smallest absolute Gasteiger partial charge is 0.168 e. The maximum atomic E-state index is 13.4. The van der Waals surface area contributed by atoms with Crippen molar-refractivity contribution in [3.63, 3.8) is 0 Å². The van der Waals surface area contributed by atoms with Crippen LogP contribution in [0.5, 0.6) is 0 Å². The Kier molecular flexibility index (Phi) is 2.69. The van der Waals surface area contributed by atoms with E-state index in [1.54, 1.807) is 0 Å². The molecule has 0 bridgehead atoms. The summed E-state index contributed by atoms with van der Waals surface area (Å²) in [6.07, 6.45) is 1.98. The number of anilines is 2. The van der Waals surface area contributed by atoms with Crippen LogP contribution >= 0.6 is 0 Å². The Morgan fingerprint density at radius 1 is 1.31 bits per heavy atom. The normalized spacial score (nSPS) is 17.0. The van der Waals surface area contributed by atoms with Gasteiger partial charge < -0.3 is 10.6 Å². The number of nitrogens with zero attached hydrogens (tertiary/aromatic N) is 1. The summed E-state index contributed by atoms with van der Waals surface area (Å²) >= 11 is 0. The first-order chi connectivity index (χ1) is 7.54. The van der Waals surface area contributed by atoms with Gasteiger partial charge in [0.1, 0.15) is 0 Å². The Hall–Kier alpha value is -1.39. The number of hydrogen-bond donors (Lipinski definition) is 2. The fourth-order valence-electron chi connectivity index (χ4n) is 1.44. The van der Waals surface area contributed by atoms with Gasteiger partial charge in [0.05, 0.1) is 0 Å². The minimum Gasteiger partial charge on any atom is -0.368 e. The molecule has 2 rings (SSSR count). The van der Waals surface area contributed by atoms with E-state index in [0.29, 0.717) is 6.54 Å². The third kappa shape index (κ3) is 2.23. The molecule has 88 valence electrons. The molecule has 1 aliphatic carbocycles. The second-order valence-corrected chi connectivity index (χ2v) is 4.37. The lowest BCUT2D eigenvalue weighted by Gasteiger charge is -2.14. The molecule has 1 fully saturated rings. The molecule has 0 atom stereocenters. The van der Waals surface area contributed by atoms with Crippen LogP contribution in [0.2, 0.25) is 0 Å². The van der Waals surface area contributed by atoms with E-state index >= 15 is 0 Å². The monoisotopic (exact) mass is 227 g/mol. The Bertz CT molecular complexity index is 402. The van der Waals surface area contributed by atoms with Crippen molar-refractivity contribution in [2.75, 3.05) is 17.2 Å². The molecular weight excluding hydrogens is 212 g/mol. The van der Waals surface area contributed by atoms with Gasteiger partial charge in [-0.2, -0.15) is 0 Å². The van der Waals surface area contributed by atoms with Crippen molar-refractivity contribution >= 4 is 11.6 Å². The first kappa shape index (κ1) is 11.1. The molecular formula is C11H15F2N3. The van der Waals surface area contributed by atoms with E-state index in [-0.39, 0.29) is 17.2 Å².